The first kappa shape index (κ1) is 31.1. The van der Waals surface area contributed by atoms with Gasteiger partial charge in [-0.3, -0.25) is 9.59 Å². The molecule has 11 nitrogen and oxygen atoms in total. The average molecular weight is 707 g/mol. The van der Waals surface area contributed by atoms with Crippen molar-refractivity contribution in [3.63, 3.8) is 0 Å². The third kappa shape index (κ3) is 6.77. The van der Waals surface area contributed by atoms with Crippen molar-refractivity contribution in [1.82, 2.24) is 10.2 Å². The summed E-state index contributed by atoms with van der Waals surface area (Å²) >= 11 is 2.06. The molecule has 5 rings (SSSR count). The lowest BCUT2D eigenvalue weighted by molar-refractivity contribution is -0.118. The fourth-order valence-electron chi connectivity index (χ4n) is 5.29. The number of fused-ring (bicyclic) bond motifs is 1. The molecular weight excluding hydrogens is 671 g/mol. The molecule has 2 amide bonds. The Balaban J connectivity index is 1.52. The van der Waals surface area contributed by atoms with E-state index in [-0.39, 0.29) is 37.9 Å². The summed E-state index contributed by atoms with van der Waals surface area (Å²) in [5, 5.41) is 34.1. The fraction of sp³-hybridized carbons (Fsp3) is 0.419. The van der Waals surface area contributed by atoms with Crippen molar-refractivity contribution < 1.29 is 43.5 Å². The Hall–Kier alpha value is -3.33. The van der Waals surface area contributed by atoms with Crippen LogP contribution in [0.25, 0.3) is 11.0 Å². The summed E-state index contributed by atoms with van der Waals surface area (Å²) < 4.78 is 23.9. The smallest absolute Gasteiger partial charge is 0.289 e. The number of methoxy groups -OCH3 is 2. The van der Waals surface area contributed by atoms with Gasteiger partial charge in [-0.1, -0.05) is 12.1 Å². The predicted octanol–water partition coefficient (Wildman–Crippen LogP) is 3.01. The highest BCUT2D eigenvalue weighted by Gasteiger charge is 2.43. The van der Waals surface area contributed by atoms with Crippen molar-refractivity contribution in [2.75, 3.05) is 33.9 Å². The standard InChI is InChI=1S/C31H35IN2O9/c1-40-23-5-3-4-19-13-26(43-28(19)23)31(39)34(15-17-6-7-17)22-12-20(30(38)33-8-9-35)14-24(27(22)37)42-29-21(32)10-18(16-36)11-25(29)41-2/h3-5,10-11,13-14,17,22,24,27,35-37H,6-9,12,15-16H2,1-2H3,(H,33,38). The van der Waals surface area contributed by atoms with Gasteiger partial charge in [-0.2, -0.15) is 0 Å². The molecule has 3 unspecified atom stereocenters. The normalized spacial score (nSPS) is 20.0. The number of nitrogens with one attached hydrogen (secondary N) is 1. The number of nitrogens with zero attached hydrogens (tertiary/aromatic N) is 1. The fourth-order valence-corrected chi connectivity index (χ4v) is 6.08. The van der Waals surface area contributed by atoms with Crippen LogP contribution in [0, 0.1) is 9.49 Å². The molecule has 1 aromatic heterocycles. The van der Waals surface area contributed by atoms with Crippen molar-refractivity contribution in [3.8, 4) is 17.2 Å². The molecule has 43 heavy (non-hydrogen) atoms. The number of benzene rings is 2. The van der Waals surface area contributed by atoms with E-state index in [1.54, 1.807) is 35.2 Å². The van der Waals surface area contributed by atoms with E-state index in [0.717, 1.165) is 12.8 Å². The number of aliphatic hydroxyl groups is 3. The van der Waals surface area contributed by atoms with Crippen LogP contribution in [-0.2, 0) is 11.4 Å². The lowest BCUT2D eigenvalue weighted by atomic mass is 9.87. The summed E-state index contributed by atoms with van der Waals surface area (Å²) in [6.45, 7) is -0.00495. The number of rotatable bonds is 12. The number of hydrogen-bond donors (Lipinski definition) is 4. The van der Waals surface area contributed by atoms with Crippen molar-refractivity contribution in [2.45, 2.75) is 44.1 Å². The highest BCUT2D eigenvalue weighted by atomic mass is 127. The molecule has 4 N–H and O–H groups in total. The average Bonchev–Trinajstić information content (AvgIpc) is 3.73. The first-order valence-corrected chi connectivity index (χ1v) is 15.1. The molecule has 2 aliphatic rings. The van der Waals surface area contributed by atoms with Gasteiger partial charge >= 0.3 is 0 Å². The van der Waals surface area contributed by atoms with Crippen LogP contribution in [-0.4, -0.2) is 84.2 Å². The molecule has 2 aliphatic carbocycles. The number of carbonyl (C=O) groups is 2. The third-order valence-electron chi connectivity index (χ3n) is 7.69. The van der Waals surface area contributed by atoms with Gasteiger partial charge in [-0.15, -0.1) is 0 Å². The van der Waals surface area contributed by atoms with E-state index in [2.05, 4.69) is 27.9 Å². The first-order valence-electron chi connectivity index (χ1n) is 14.1. The maximum absolute atomic E-state index is 14.1. The highest BCUT2D eigenvalue weighted by molar-refractivity contribution is 14.1. The van der Waals surface area contributed by atoms with Crippen LogP contribution in [0.3, 0.4) is 0 Å². The van der Waals surface area contributed by atoms with E-state index < -0.39 is 30.1 Å². The van der Waals surface area contributed by atoms with Crippen LogP contribution in [0.4, 0.5) is 0 Å². The first-order chi connectivity index (χ1) is 20.8. The number of halogens is 1. The van der Waals surface area contributed by atoms with Crippen LogP contribution < -0.4 is 19.5 Å². The third-order valence-corrected chi connectivity index (χ3v) is 8.49. The Morgan fingerprint density at radius 1 is 1.12 bits per heavy atom. The molecule has 0 aliphatic heterocycles. The minimum Gasteiger partial charge on any atom is -0.493 e. The summed E-state index contributed by atoms with van der Waals surface area (Å²) in [7, 11) is 3.00. The molecule has 3 atom stereocenters. The van der Waals surface area contributed by atoms with E-state index >= 15 is 0 Å². The maximum atomic E-state index is 14.1. The molecule has 0 saturated heterocycles. The molecule has 1 fully saturated rings. The Morgan fingerprint density at radius 2 is 1.88 bits per heavy atom. The van der Waals surface area contributed by atoms with E-state index in [0.29, 0.717) is 49.5 Å². The molecule has 12 heteroatoms. The van der Waals surface area contributed by atoms with Crippen LogP contribution in [0.2, 0.25) is 0 Å². The van der Waals surface area contributed by atoms with Crippen molar-refractivity contribution in [2.24, 2.45) is 5.92 Å². The Labute approximate surface area is 262 Å². The highest BCUT2D eigenvalue weighted by Crippen LogP contribution is 2.39. The zero-order valence-electron chi connectivity index (χ0n) is 23.9. The molecule has 0 bridgehead atoms. The van der Waals surface area contributed by atoms with Gasteiger partial charge in [0, 0.05) is 30.5 Å². The summed E-state index contributed by atoms with van der Waals surface area (Å²) in [4.78, 5) is 28.8. The quantitative estimate of drug-likeness (QED) is 0.209. The van der Waals surface area contributed by atoms with Crippen molar-refractivity contribution >= 4 is 45.4 Å². The zero-order chi connectivity index (χ0) is 30.7. The molecular formula is C31H35IN2O9. The number of carbonyl (C=O) groups excluding carboxylic acids is 2. The Kier molecular flexibility index (Phi) is 9.79. The molecule has 230 valence electrons. The van der Waals surface area contributed by atoms with Crippen molar-refractivity contribution in [3.05, 3.63) is 62.9 Å². The second kappa shape index (κ2) is 13.5. The molecule has 1 heterocycles. The largest absolute Gasteiger partial charge is 0.493 e. The molecule has 0 spiro atoms. The second-order valence-electron chi connectivity index (χ2n) is 10.7. The van der Waals surface area contributed by atoms with E-state index in [4.69, 9.17) is 18.6 Å². The van der Waals surface area contributed by atoms with Gasteiger partial charge in [0.05, 0.1) is 37.0 Å². The minimum atomic E-state index is -1.21. The number of hydrogen-bond acceptors (Lipinski definition) is 9. The Bertz CT molecular complexity index is 1520. The summed E-state index contributed by atoms with van der Waals surface area (Å²) in [6, 6.07) is 9.60. The van der Waals surface area contributed by atoms with Gasteiger partial charge in [0.2, 0.25) is 5.91 Å². The van der Waals surface area contributed by atoms with Gasteiger partial charge in [0.1, 0.15) is 12.2 Å². The van der Waals surface area contributed by atoms with Crippen molar-refractivity contribution in [1.29, 1.82) is 0 Å². The number of aliphatic hydroxyl groups excluding tert-OH is 3. The second-order valence-corrected chi connectivity index (χ2v) is 11.8. The lowest BCUT2D eigenvalue weighted by Gasteiger charge is -2.40. The number of para-hydroxylation sites is 1. The van der Waals surface area contributed by atoms with Crippen LogP contribution in [0.5, 0.6) is 17.2 Å². The number of amides is 2. The number of ether oxygens (including phenoxy) is 3. The van der Waals surface area contributed by atoms with Crippen LogP contribution in [0.15, 0.2) is 52.5 Å². The molecule has 0 radical (unpaired) electrons. The molecule has 2 aromatic carbocycles. The van der Waals surface area contributed by atoms with Gasteiger partial charge in [0.15, 0.2) is 28.6 Å². The van der Waals surface area contributed by atoms with Crippen LogP contribution >= 0.6 is 22.6 Å². The van der Waals surface area contributed by atoms with E-state index in [9.17, 15) is 24.9 Å². The van der Waals surface area contributed by atoms with E-state index in [1.807, 2.05) is 12.1 Å². The molecule has 3 aromatic rings. The predicted molar refractivity (Wildman–Crippen MR) is 165 cm³/mol. The van der Waals surface area contributed by atoms with Gasteiger partial charge in [-0.25, -0.2) is 0 Å². The van der Waals surface area contributed by atoms with Crippen LogP contribution in [0.1, 0.15) is 35.4 Å². The van der Waals surface area contributed by atoms with E-state index in [1.165, 1.54) is 14.2 Å². The zero-order valence-corrected chi connectivity index (χ0v) is 26.1. The maximum Gasteiger partial charge on any atom is 0.289 e. The van der Waals surface area contributed by atoms with Gasteiger partial charge in [0.25, 0.3) is 5.91 Å². The summed E-state index contributed by atoms with van der Waals surface area (Å²) in [5.41, 5.74) is 1.38. The number of furan rings is 1. The summed E-state index contributed by atoms with van der Waals surface area (Å²) in [5.74, 6) is 0.708. The molecule has 1 saturated carbocycles. The van der Waals surface area contributed by atoms with Gasteiger partial charge < -0.3 is 44.2 Å². The Morgan fingerprint density at radius 3 is 2.56 bits per heavy atom. The van der Waals surface area contributed by atoms with Gasteiger partial charge in [-0.05, 0) is 77.3 Å². The SMILES string of the molecule is COc1cc(CO)cc(I)c1OC1C=C(C(=O)NCCO)CC(N(CC2CC2)C(=O)c2cc3cccc(OC)c3o2)C1O. The lowest BCUT2D eigenvalue weighted by Crippen LogP contribution is -2.55. The minimum absolute atomic E-state index is 0.0504. The summed E-state index contributed by atoms with van der Waals surface area (Å²) in [6.07, 6.45) is 1.28. The topological polar surface area (TPSA) is 151 Å². The monoisotopic (exact) mass is 706 g/mol.